The molecule has 1 nitrogen and oxygen atoms in total. The van der Waals surface area contributed by atoms with Gasteiger partial charge in [-0.05, 0) is 69.6 Å². The molecule has 0 aliphatic heterocycles. The molecular weight excluding hydrogens is 388 g/mol. The number of benzene rings is 4. The van der Waals surface area contributed by atoms with Crippen LogP contribution in [0.5, 0.6) is 5.75 Å². The molecule has 5 rings (SSSR count). The highest BCUT2D eigenvalue weighted by Gasteiger charge is 2.31. The Morgan fingerprint density at radius 1 is 0.800 bits per heavy atom. The summed E-state index contributed by atoms with van der Waals surface area (Å²) in [6.45, 7) is 0. The molecule has 0 saturated heterocycles. The predicted octanol–water partition coefficient (Wildman–Crippen LogP) is 7.86. The van der Waals surface area contributed by atoms with E-state index < -0.39 is 0 Å². The molecule has 0 spiro atoms. The second kappa shape index (κ2) is 8.01. The molecule has 1 aliphatic rings. The Hall–Kier alpha value is -3.03. The molecule has 0 amide bonds. The fourth-order valence-electron chi connectivity index (χ4n) is 4.67. The molecule has 0 N–H and O–H groups in total. The Kier molecular flexibility index (Phi) is 5.06. The van der Waals surface area contributed by atoms with Crippen molar-refractivity contribution in [1.82, 2.24) is 0 Å². The third-order valence-corrected chi connectivity index (χ3v) is 6.44. The first-order valence-electron chi connectivity index (χ1n) is 10.3. The van der Waals surface area contributed by atoms with Gasteiger partial charge in [0.05, 0.1) is 7.11 Å². The first-order chi connectivity index (χ1) is 14.7. The molecule has 2 atom stereocenters. The number of hydrogen-bond donors (Lipinski definition) is 0. The minimum absolute atomic E-state index is 0.312. The van der Waals surface area contributed by atoms with Crippen molar-refractivity contribution in [3.05, 3.63) is 119 Å². The second-order valence-electron chi connectivity index (χ2n) is 7.88. The normalized spacial score (nSPS) is 18.4. The number of methoxy groups -OCH3 is 1. The van der Waals surface area contributed by atoms with Crippen LogP contribution in [-0.4, -0.2) is 7.11 Å². The van der Waals surface area contributed by atoms with Gasteiger partial charge in [-0.3, -0.25) is 0 Å². The van der Waals surface area contributed by atoms with Crippen LogP contribution < -0.4 is 4.74 Å². The van der Waals surface area contributed by atoms with Crippen LogP contribution in [-0.2, 0) is 0 Å². The molecule has 4 aromatic rings. The van der Waals surface area contributed by atoms with E-state index in [1.165, 1.54) is 33.0 Å². The van der Waals surface area contributed by atoms with E-state index in [4.69, 9.17) is 16.3 Å². The van der Waals surface area contributed by atoms with Crippen LogP contribution in [0.1, 0.15) is 34.9 Å². The first-order valence-corrected chi connectivity index (χ1v) is 10.7. The molecule has 0 bridgehead atoms. The van der Waals surface area contributed by atoms with E-state index in [0.29, 0.717) is 11.8 Å². The molecule has 4 aromatic carbocycles. The van der Waals surface area contributed by atoms with Crippen molar-refractivity contribution in [3.8, 4) is 5.75 Å². The molecule has 2 heteroatoms. The van der Waals surface area contributed by atoms with Crippen molar-refractivity contribution < 1.29 is 4.74 Å². The number of ether oxygens (including phenoxy) is 1. The highest BCUT2D eigenvalue weighted by atomic mass is 35.5. The van der Waals surface area contributed by atoms with E-state index in [1.807, 2.05) is 12.1 Å². The molecule has 0 heterocycles. The van der Waals surface area contributed by atoms with Gasteiger partial charge in [-0.2, -0.15) is 0 Å². The minimum atomic E-state index is 0.312. The van der Waals surface area contributed by atoms with E-state index in [1.54, 1.807) is 7.11 Å². The van der Waals surface area contributed by atoms with Crippen LogP contribution in [0.25, 0.3) is 16.3 Å². The van der Waals surface area contributed by atoms with Crippen molar-refractivity contribution in [3.63, 3.8) is 0 Å². The largest absolute Gasteiger partial charge is 0.497 e. The highest BCUT2D eigenvalue weighted by Crippen LogP contribution is 2.49. The molecule has 1 aliphatic carbocycles. The van der Waals surface area contributed by atoms with Crippen LogP contribution in [0, 0.1) is 0 Å². The maximum atomic E-state index is 6.13. The summed E-state index contributed by atoms with van der Waals surface area (Å²) >= 11 is 6.13. The lowest BCUT2D eigenvalue weighted by atomic mass is 9.81. The summed E-state index contributed by atoms with van der Waals surface area (Å²) in [4.78, 5) is 0. The summed E-state index contributed by atoms with van der Waals surface area (Å²) in [5.74, 6) is 1.59. The van der Waals surface area contributed by atoms with Crippen LogP contribution in [0.4, 0.5) is 0 Å². The van der Waals surface area contributed by atoms with Crippen LogP contribution in [0.15, 0.2) is 97.1 Å². The predicted molar refractivity (Wildman–Crippen MR) is 126 cm³/mol. The summed E-state index contributed by atoms with van der Waals surface area (Å²) in [6.07, 6.45) is 3.45. The van der Waals surface area contributed by atoms with Gasteiger partial charge in [-0.25, -0.2) is 0 Å². The number of halogens is 1. The molecule has 0 unspecified atom stereocenters. The van der Waals surface area contributed by atoms with E-state index >= 15 is 0 Å². The Morgan fingerprint density at radius 3 is 2.30 bits per heavy atom. The summed E-state index contributed by atoms with van der Waals surface area (Å²) in [7, 11) is 1.71. The number of allylic oxidation sites excluding steroid dienone is 2. The quantitative estimate of drug-likeness (QED) is 0.332. The Morgan fingerprint density at radius 2 is 1.53 bits per heavy atom. The van der Waals surface area contributed by atoms with Gasteiger partial charge in [-0.1, -0.05) is 84.4 Å². The maximum absolute atomic E-state index is 6.13. The van der Waals surface area contributed by atoms with Gasteiger partial charge >= 0.3 is 0 Å². The van der Waals surface area contributed by atoms with Crippen LogP contribution in [0.3, 0.4) is 0 Å². The van der Waals surface area contributed by atoms with Crippen LogP contribution in [0.2, 0.25) is 5.02 Å². The van der Waals surface area contributed by atoms with Crippen molar-refractivity contribution in [2.24, 2.45) is 0 Å². The molecule has 0 radical (unpaired) electrons. The lowest BCUT2D eigenvalue weighted by Gasteiger charge is -2.22. The summed E-state index contributed by atoms with van der Waals surface area (Å²) in [6, 6.07) is 32.1. The highest BCUT2D eigenvalue weighted by molar-refractivity contribution is 6.30. The minimum Gasteiger partial charge on any atom is -0.497 e. The van der Waals surface area contributed by atoms with Gasteiger partial charge < -0.3 is 4.74 Å². The zero-order valence-corrected chi connectivity index (χ0v) is 17.6. The monoisotopic (exact) mass is 410 g/mol. The summed E-state index contributed by atoms with van der Waals surface area (Å²) in [5.41, 5.74) is 5.36. The fraction of sp³-hybridized carbons (Fsp3) is 0.143. The molecule has 30 heavy (non-hydrogen) atoms. The fourth-order valence-corrected chi connectivity index (χ4v) is 4.80. The van der Waals surface area contributed by atoms with Gasteiger partial charge in [0.25, 0.3) is 0 Å². The third kappa shape index (κ3) is 3.51. The number of fused-ring (bicyclic) bond motifs is 1. The summed E-state index contributed by atoms with van der Waals surface area (Å²) < 4.78 is 5.37. The Labute approximate surface area is 182 Å². The van der Waals surface area contributed by atoms with Gasteiger partial charge in [0, 0.05) is 10.9 Å². The average Bonchev–Trinajstić information content (AvgIpc) is 3.24. The molecule has 0 saturated carbocycles. The number of rotatable bonds is 4. The average molecular weight is 411 g/mol. The smallest absolute Gasteiger partial charge is 0.118 e. The van der Waals surface area contributed by atoms with Gasteiger partial charge in [0.15, 0.2) is 0 Å². The van der Waals surface area contributed by atoms with Gasteiger partial charge in [0.2, 0.25) is 0 Å². The van der Waals surface area contributed by atoms with E-state index in [-0.39, 0.29) is 0 Å². The lowest BCUT2D eigenvalue weighted by Crippen LogP contribution is -2.06. The first kappa shape index (κ1) is 19.0. The maximum Gasteiger partial charge on any atom is 0.118 e. The van der Waals surface area contributed by atoms with E-state index in [9.17, 15) is 0 Å². The number of hydrogen-bond acceptors (Lipinski definition) is 1. The molecule has 0 fully saturated rings. The van der Waals surface area contributed by atoms with Crippen molar-refractivity contribution in [1.29, 1.82) is 0 Å². The van der Waals surface area contributed by atoms with Gasteiger partial charge in [0.1, 0.15) is 5.75 Å². The SMILES string of the molecule is COc1ccc([C@H]2C=C(c3ccc(Cl)cc3)C[C@@H]2c2cccc3ccccc23)cc1. The van der Waals surface area contributed by atoms with Crippen molar-refractivity contribution in [2.75, 3.05) is 7.11 Å². The third-order valence-electron chi connectivity index (χ3n) is 6.19. The summed E-state index contributed by atoms with van der Waals surface area (Å²) in [5, 5.41) is 3.41. The topological polar surface area (TPSA) is 9.23 Å². The van der Waals surface area contributed by atoms with Crippen molar-refractivity contribution in [2.45, 2.75) is 18.3 Å². The molecule has 148 valence electrons. The Bertz CT molecular complexity index is 1200. The lowest BCUT2D eigenvalue weighted by molar-refractivity contribution is 0.414. The standard InChI is InChI=1S/C28H23ClO/c1-30-24-15-11-21(12-16-24)27-17-22(19-9-13-23(29)14-10-19)18-28(27)26-8-4-6-20-5-2-3-7-25(20)26/h2-17,27-28H,18H2,1H3/t27-,28-/m1/s1. The second-order valence-corrected chi connectivity index (χ2v) is 8.31. The molecule has 0 aromatic heterocycles. The van der Waals surface area contributed by atoms with Crippen molar-refractivity contribution >= 4 is 27.9 Å². The molecular formula is C28H23ClO. The Balaban J connectivity index is 1.61. The zero-order valence-electron chi connectivity index (χ0n) is 16.9. The van der Waals surface area contributed by atoms with E-state index in [2.05, 4.69) is 84.9 Å². The zero-order chi connectivity index (χ0) is 20.5. The van der Waals surface area contributed by atoms with E-state index in [0.717, 1.165) is 17.2 Å². The van der Waals surface area contributed by atoms with Crippen LogP contribution >= 0.6 is 11.6 Å². The van der Waals surface area contributed by atoms with Gasteiger partial charge in [-0.15, -0.1) is 0 Å².